The Kier molecular flexibility index (Phi) is 3.58. The molecule has 168 valence electrons. The lowest BCUT2D eigenvalue weighted by Crippen LogP contribution is -2.47. The van der Waals surface area contributed by atoms with E-state index in [0.29, 0.717) is 11.8 Å². The molecular formula is C34H27N. The van der Waals surface area contributed by atoms with Crippen LogP contribution in [0.1, 0.15) is 30.9 Å². The molecule has 0 fully saturated rings. The maximum absolute atomic E-state index is 2.59. The van der Waals surface area contributed by atoms with Gasteiger partial charge >= 0.3 is 0 Å². The Hall–Kier alpha value is -3.84. The standard InChI is InChI=1S/C34H27N/c1-33-21-24-11-7-6-10-23(24)20-28(33)26-15-9-19-34(2)32(26)31-29(35(34)25-13-4-3-5-14-25)18-17-22-12-8-16-27(33)30(22)31/h3-21,28,32H,1-2H3. The smallest absolute Gasteiger partial charge is 0.0715 e. The van der Waals surface area contributed by atoms with E-state index in [0.717, 1.165) is 0 Å². The molecule has 0 saturated carbocycles. The topological polar surface area (TPSA) is 3.24 Å². The van der Waals surface area contributed by atoms with Gasteiger partial charge in [-0.2, -0.15) is 0 Å². The maximum Gasteiger partial charge on any atom is 0.0715 e. The molecule has 8 rings (SSSR count). The summed E-state index contributed by atoms with van der Waals surface area (Å²) in [5, 5.41) is 5.50. The van der Waals surface area contributed by atoms with E-state index in [-0.39, 0.29) is 11.0 Å². The molecule has 0 spiro atoms. The number of para-hydroxylation sites is 1. The summed E-state index contributed by atoms with van der Waals surface area (Å²) in [4.78, 5) is 2.59. The second-order valence-electron chi connectivity index (χ2n) is 11.0. The average molecular weight is 450 g/mol. The van der Waals surface area contributed by atoms with Crippen LogP contribution >= 0.6 is 0 Å². The molecule has 0 radical (unpaired) electrons. The number of hydrogen-bond acceptors (Lipinski definition) is 1. The first-order valence-corrected chi connectivity index (χ1v) is 12.7. The Morgan fingerprint density at radius 3 is 2.43 bits per heavy atom. The van der Waals surface area contributed by atoms with Crippen molar-refractivity contribution in [3.8, 4) is 0 Å². The average Bonchev–Trinajstić information content (AvgIpc) is 3.11. The summed E-state index contributed by atoms with van der Waals surface area (Å²) in [7, 11) is 0. The molecule has 0 amide bonds. The zero-order valence-electron chi connectivity index (χ0n) is 20.1. The number of fused-ring (bicyclic) bond motifs is 4. The van der Waals surface area contributed by atoms with E-state index in [4.69, 9.17) is 0 Å². The molecule has 0 N–H and O–H groups in total. The summed E-state index contributed by atoms with van der Waals surface area (Å²) >= 11 is 0. The number of hydrogen-bond donors (Lipinski definition) is 0. The van der Waals surface area contributed by atoms with Gasteiger partial charge in [-0.15, -0.1) is 0 Å². The van der Waals surface area contributed by atoms with Gasteiger partial charge in [-0.1, -0.05) is 110 Å². The lowest BCUT2D eigenvalue weighted by atomic mass is 9.63. The molecule has 4 aromatic carbocycles. The van der Waals surface area contributed by atoms with Crippen molar-refractivity contribution in [3.63, 3.8) is 0 Å². The van der Waals surface area contributed by atoms with E-state index >= 15 is 0 Å². The number of anilines is 2. The number of nitrogens with zero attached hydrogens (tertiary/aromatic N) is 1. The van der Waals surface area contributed by atoms with Gasteiger partial charge < -0.3 is 4.90 Å². The highest BCUT2D eigenvalue weighted by molar-refractivity contribution is 6.00. The molecule has 4 atom stereocenters. The molecule has 3 aliphatic carbocycles. The third-order valence-electron chi connectivity index (χ3n) is 9.11. The van der Waals surface area contributed by atoms with Gasteiger partial charge in [0.2, 0.25) is 0 Å². The normalized spacial score (nSPS) is 29.0. The molecule has 1 nitrogen and oxygen atoms in total. The Morgan fingerprint density at radius 1 is 0.771 bits per heavy atom. The first-order chi connectivity index (χ1) is 17.1. The summed E-state index contributed by atoms with van der Waals surface area (Å²) in [5.41, 5.74) is 6.83. The van der Waals surface area contributed by atoms with Crippen LogP contribution in [-0.4, -0.2) is 5.54 Å². The minimum Gasteiger partial charge on any atom is -0.331 e. The fraction of sp³-hybridized carbons (Fsp3) is 0.176. The molecule has 1 aliphatic heterocycles. The Labute approximate surface area is 206 Å². The van der Waals surface area contributed by atoms with E-state index in [1.54, 1.807) is 0 Å². The van der Waals surface area contributed by atoms with Crippen molar-refractivity contribution < 1.29 is 0 Å². The molecular weight excluding hydrogens is 422 g/mol. The fourth-order valence-electron chi connectivity index (χ4n) is 7.66. The Morgan fingerprint density at radius 2 is 1.57 bits per heavy atom. The molecule has 0 aromatic heterocycles. The molecule has 35 heavy (non-hydrogen) atoms. The van der Waals surface area contributed by atoms with Gasteiger partial charge in [0, 0.05) is 28.6 Å². The SMILES string of the molecule is CC12C=c3ccccc3=CC1C1=CC=CC3(C)C1c1c(ccc4cccc2c14)N3c1ccccc1. The highest BCUT2D eigenvalue weighted by Gasteiger charge is 2.55. The van der Waals surface area contributed by atoms with E-state index in [9.17, 15) is 0 Å². The molecule has 4 aliphatic rings. The van der Waals surface area contributed by atoms with Crippen LogP contribution in [0.4, 0.5) is 11.4 Å². The van der Waals surface area contributed by atoms with Crippen LogP contribution in [0.25, 0.3) is 22.9 Å². The minimum absolute atomic E-state index is 0.108. The zero-order chi connectivity index (χ0) is 23.4. The highest BCUT2D eigenvalue weighted by atomic mass is 15.2. The van der Waals surface area contributed by atoms with E-state index < -0.39 is 0 Å². The summed E-state index contributed by atoms with van der Waals surface area (Å²) < 4.78 is 0. The summed E-state index contributed by atoms with van der Waals surface area (Å²) in [6.07, 6.45) is 12.3. The minimum atomic E-state index is -0.161. The van der Waals surface area contributed by atoms with Crippen molar-refractivity contribution in [3.05, 3.63) is 130 Å². The van der Waals surface area contributed by atoms with Crippen LogP contribution in [0.2, 0.25) is 0 Å². The van der Waals surface area contributed by atoms with Crippen LogP contribution in [-0.2, 0) is 5.41 Å². The largest absolute Gasteiger partial charge is 0.331 e. The van der Waals surface area contributed by atoms with E-state index in [1.165, 1.54) is 49.3 Å². The van der Waals surface area contributed by atoms with Gasteiger partial charge in [0.1, 0.15) is 0 Å². The van der Waals surface area contributed by atoms with Crippen LogP contribution in [0, 0.1) is 5.92 Å². The number of rotatable bonds is 1. The lowest BCUT2D eigenvalue weighted by molar-refractivity contribution is 0.454. The van der Waals surface area contributed by atoms with Crippen molar-refractivity contribution >= 4 is 34.3 Å². The van der Waals surface area contributed by atoms with Gasteiger partial charge in [-0.3, -0.25) is 0 Å². The number of allylic oxidation sites excluding steroid dienone is 2. The molecule has 1 heterocycles. The molecule has 4 aromatic rings. The van der Waals surface area contributed by atoms with Crippen molar-refractivity contribution in [2.45, 2.75) is 30.7 Å². The second-order valence-corrected chi connectivity index (χ2v) is 11.0. The summed E-state index contributed by atoms with van der Waals surface area (Å²) in [6.45, 7) is 4.90. The molecule has 0 bridgehead atoms. The maximum atomic E-state index is 2.59. The van der Waals surface area contributed by atoms with Crippen LogP contribution < -0.4 is 15.3 Å². The molecule has 4 unspecified atom stereocenters. The first-order valence-electron chi connectivity index (χ1n) is 12.7. The zero-order valence-corrected chi connectivity index (χ0v) is 20.1. The summed E-state index contributed by atoms with van der Waals surface area (Å²) in [5.74, 6) is 0.600. The third-order valence-corrected chi connectivity index (χ3v) is 9.11. The van der Waals surface area contributed by atoms with Gasteiger partial charge in [0.25, 0.3) is 0 Å². The molecule has 1 heteroatoms. The predicted molar refractivity (Wildman–Crippen MR) is 146 cm³/mol. The van der Waals surface area contributed by atoms with Crippen molar-refractivity contribution in [2.24, 2.45) is 5.92 Å². The lowest BCUT2D eigenvalue weighted by Gasteiger charge is -2.45. The highest BCUT2D eigenvalue weighted by Crippen LogP contribution is 2.63. The van der Waals surface area contributed by atoms with E-state index in [1.807, 2.05) is 0 Å². The van der Waals surface area contributed by atoms with Gasteiger partial charge in [-0.05, 0) is 57.5 Å². The van der Waals surface area contributed by atoms with Gasteiger partial charge in [-0.25, -0.2) is 0 Å². The second kappa shape index (κ2) is 6.43. The van der Waals surface area contributed by atoms with Crippen LogP contribution in [0.5, 0.6) is 0 Å². The van der Waals surface area contributed by atoms with Crippen LogP contribution in [0.3, 0.4) is 0 Å². The van der Waals surface area contributed by atoms with Crippen molar-refractivity contribution in [1.82, 2.24) is 0 Å². The Bertz CT molecular complexity index is 1740. The quantitative estimate of drug-likeness (QED) is 0.321. The fourth-order valence-corrected chi connectivity index (χ4v) is 7.66. The molecule has 0 saturated heterocycles. The third kappa shape index (κ3) is 2.29. The monoisotopic (exact) mass is 449 g/mol. The Balaban J connectivity index is 1.55. The van der Waals surface area contributed by atoms with Gasteiger partial charge in [0.05, 0.1) is 5.54 Å². The van der Waals surface area contributed by atoms with E-state index in [2.05, 4.69) is 134 Å². The van der Waals surface area contributed by atoms with Gasteiger partial charge in [0.15, 0.2) is 0 Å². The predicted octanol–water partition coefficient (Wildman–Crippen LogP) is 6.49. The number of benzene rings is 4. The van der Waals surface area contributed by atoms with Crippen molar-refractivity contribution in [1.29, 1.82) is 0 Å². The van der Waals surface area contributed by atoms with Crippen molar-refractivity contribution in [2.75, 3.05) is 4.90 Å². The van der Waals surface area contributed by atoms with Crippen LogP contribution in [0.15, 0.2) is 109 Å². The first kappa shape index (κ1) is 19.5. The summed E-state index contributed by atoms with van der Waals surface area (Å²) in [6, 6.07) is 31.5.